The number of ether oxygens (including phenoxy) is 1. The molecule has 0 saturated heterocycles. The quantitative estimate of drug-likeness (QED) is 0.840. The summed E-state index contributed by atoms with van der Waals surface area (Å²) in [6.45, 7) is 0.763. The Morgan fingerprint density at radius 3 is 2.63 bits per heavy atom. The Bertz CT molecular complexity index is 587. The average molecular weight is 253 g/mol. The lowest BCUT2D eigenvalue weighted by Crippen LogP contribution is -2.16. The van der Waals surface area contributed by atoms with E-state index < -0.39 is 0 Å². The highest BCUT2D eigenvalue weighted by molar-refractivity contribution is 5.48. The summed E-state index contributed by atoms with van der Waals surface area (Å²) in [6, 6.07) is 13.7. The lowest BCUT2D eigenvalue weighted by molar-refractivity contribution is 0.414. The van der Waals surface area contributed by atoms with E-state index >= 15 is 0 Å². The molecule has 0 amide bonds. The van der Waals surface area contributed by atoms with Gasteiger partial charge in [-0.3, -0.25) is 0 Å². The van der Waals surface area contributed by atoms with Crippen LogP contribution in [0.25, 0.3) is 0 Å². The van der Waals surface area contributed by atoms with Crippen LogP contribution in [-0.4, -0.2) is 19.1 Å². The van der Waals surface area contributed by atoms with Crippen LogP contribution in [0.2, 0.25) is 0 Å². The predicted molar refractivity (Wildman–Crippen MR) is 74.1 cm³/mol. The molecule has 96 valence electrons. The second-order valence-electron chi connectivity index (χ2n) is 4.22. The van der Waals surface area contributed by atoms with Gasteiger partial charge in [0.2, 0.25) is 0 Å². The summed E-state index contributed by atoms with van der Waals surface area (Å²) in [5.41, 5.74) is 2.58. The smallest absolute Gasteiger partial charge is 0.142 e. The van der Waals surface area contributed by atoms with E-state index in [0.29, 0.717) is 5.69 Å². The SMILES string of the molecule is COc1ccc(CN(C)c2ccnc(C#N)c2)cc1. The zero-order valence-corrected chi connectivity index (χ0v) is 11.0. The van der Waals surface area contributed by atoms with Gasteiger partial charge >= 0.3 is 0 Å². The molecule has 2 rings (SSSR count). The molecule has 19 heavy (non-hydrogen) atoms. The van der Waals surface area contributed by atoms with Crippen molar-refractivity contribution in [2.75, 3.05) is 19.1 Å². The zero-order chi connectivity index (χ0) is 13.7. The van der Waals surface area contributed by atoms with E-state index in [-0.39, 0.29) is 0 Å². The molecule has 4 heteroatoms. The predicted octanol–water partition coefficient (Wildman–Crippen LogP) is 2.60. The largest absolute Gasteiger partial charge is 0.497 e. The fourth-order valence-corrected chi connectivity index (χ4v) is 1.81. The first kappa shape index (κ1) is 12.9. The molecular weight excluding hydrogens is 238 g/mol. The van der Waals surface area contributed by atoms with Crippen LogP contribution in [0.1, 0.15) is 11.3 Å². The van der Waals surface area contributed by atoms with Crippen LogP contribution in [0, 0.1) is 11.3 Å². The summed E-state index contributed by atoms with van der Waals surface area (Å²) in [6.07, 6.45) is 1.65. The van der Waals surface area contributed by atoms with Gasteiger partial charge in [-0.15, -0.1) is 0 Å². The van der Waals surface area contributed by atoms with Crippen molar-refractivity contribution in [3.8, 4) is 11.8 Å². The molecule has 1 aromatic heterocycles. The highest BCUT2D eigenvalue weighted by Gasteiger charge is 2.04. The molecule has 4 nitrogen and oxygen atoms in total. The van der Waals surface area contributed by atoms with Crippen LogP contribution in [0.5, 0.6) is 5.75 Å². The normalized spacial score (nSPS) is 9.74. The standard InChI is InChI=1S/C15H15N3O/c1-18(14-7-8-17-13(9-14)10-16)11-12-3-5-15(19-2)6-4-12/h3-9H,11H2,1-2H3. The van der Waals surface area contributed by atoms with Crippen molar-refractivity contribution in [1.29, 1.82) is 5.26 Å². The Kier molecular flexibility index (Phi) is 3.99. The van der Waals surface area contributed by atoms with Crippen LogP contribution in [-0.2, 0) is 6.54 Å². The van der Waals surface area contributed by atoms with E-state index in [1.54, 1.807) is 19.4 Å². The average Bonchev–Trinajstić information content (AvgIpc) is 2.48. The molecule has 0 radical (unpaired) electrons. The number of aromatic nitrogens is 1. The molecule has 0 spiro atoms. The van der Waals surface area contributed by atoms with E-state index in [0.717, 1.165) is 18.0 Å². The summed E-state index contributed by atoms with van der Waals surface area (Å²) in [5, 5.41) is 8.85. The molecule has 1 heterocycles. The molecule has 0 fully saturated rings. The third kappa shape index (κ3) is 3.23. The Hall–Kier alpha value is -2.54. The Morgan fingerprint density at radius 1 is 1.26 bits per heavy atom. The van der Waals surface area contributed by atoms with Crippen LogP contribution in [0.4, 0.5) is 5.69 Å². The van der Waals surface area contributed by atoms with Crippen molar-refractivity contribution in [1.82, 2.24) is 4.98 Å². The highest BCUT2D eigenvalue weighted by Crippen LogP contribution is 2.17. The van der Waals surface area contributed by atoms with Crippen LogP contribution >= 0.6 is 0 Å². The monoisotopic (exact) mass is 253 g/mol. The number of methoxy groups -OCH3 is 1. The van der Waals surface area contributed by atoms with Crippen molar-refractivity contribution >= 4 is 5.69 Å². The maximum atomic E-state index is 8.85. The molecule has 0 unspecified atom stereocenters. The Labute approximate surface area is 112 Å². The van der Waals surface area contributed by atoms with E-state index in [4.69, 9.17) is 10.00 Å². The highest BCUT2D eigenvalue weighted by atomic mass is 16.5. The van der Waals surface area contributed by atoms with Crippen molar-refractivity contribution in [3.05, 3.63) is 53.9 Å². The van der Waals surface area contributed by atoms with Crippen molar-refractivity contribution < 1.29 is 4.74 Å². The van der Waals surface area contributed by atoms with E-state index in [2.05, 4.69) is 9.88 Å². The van der Waals surface area contributed by atoms with Gasteiger partial charge in [-0.1, -0.05) is 12.1 Å². The van der Waals surface area contributed by atoms with Gasteiger partial charge in [0.25, 0.3) is 0 Å². The molecule has 0 N–H and O–H groups in total. The first-order chi connectivity index (χ1) is 9.22. The van der Waals surface area contributed by atoms with Gasteiger partial charge in [0.1, 0.15) is 17.5 Å². The molecule has 0 aliphatic rings. The summed E-state index contributed by atoms with van der Waals surface area (Å²) in [5.74, 6) is 0.849. The number of pyridine rings is 1. The van der Waals surface area contributed by atoms with Crippen molar-refractivity contribution in [3.63, 3.8) is 0 Å². The number of nitriles is 1. The van der Waals surface area contributed by atoms with Gasteiger partial charge in [0, 0.05) is 25.5 Å². The van der Waals surface area contributed by atoms with Gasteiger partial charge in [-0.2, -0.15) is 5.26 Å². The maximum Gasteiger partial charge on any atom is 0.142 e. The molecule has 0 aliphatic heterocycles. The van der Waals surface area contributed by atoms with Gasteiger partial charge in [0.15, 0.2) is 0 Å². The minimum absolute atomic E-state index is 0.430. The molecule has 0 atom stereocenters. The first-order valence-corrected chi connectivity index (χ1v) is 5.93. The maximum absolute atomic E-state index is 8.85. The zero-order valence-electron chi connectivity index (χ0n) is 11.0. The first-order valence-electron chi connectivity index (χ1n) is 5.93. The summed E-state index contributed by atoms with van der Waals surface area (Å²) in [7, 11) is 3.64. The van der Waals surface area contributed by atoms with Crippen LogP contribution in [0.3, 0.4) is 0 Å². The number of benzene rings is 1. The van der Waals surface area contributed by atoms with E-state index in [9.17, 15) is 0 Å². The lowest BCUT2D eigenvalue weighted by atomic mass is 10.2. The topological polar surface area (TPSA) is 49.1 Å². The fraction of sp³-hybridized carbons (Fsp3) is 0.200. The Morgan fingerprint density at radius 2 is 2.00 bits per heavy atom. The van der Waals surface area contributed by atoms with Gasteiger partial charge in [-0.25, -0.2) is 4.98 Å². The van der Waals surface area contributed by atoms with Gasteiger partial charge in [0.05, 0.1) is 7.11 Å². The number of anilines is 1. The summed E-state index contributed by atoms with van der Waals surface area (Å²) >= 11 is 0. The number of nitrogens with zero attached hydrogens (tertiary/aromatic N) is 3. The number of hydrogen-bond donors (Lipinski definition) is 0. The minimum atomic E-state index is 0.430. The minimum Gasteiger partial charge on any atom is -0.497 e. The molecule has 0 bridgehead atoms. The second kappa shape index (κ2) is 5.87. The molecule has 2 aromatic rings. The molecule has 0 aliphatic carbocycles. The summed E-state index contributed by atoms with van der Waals surface area (Å²) < 4.78 is 5.13. The number of rotatable bonds is 4. The van der Waals surface area contributed by atoms with E-state index in [1.165, 1.54) is 5.56 Å². The third-order valence-corrected chi connectivity index (χ3v) is 2.88. The molecular formula is C15H15N3O. The second-order valence-corrected chi connectivity index (χ2v) is 4.22. The van der Waals surface area contributed by atoms with Crippen molar-refractivity contribution in [2.45, 2.75) is 6.54 Å². The van der Waals surface area contributed by atoms with Crippen molar-refractivity contribution in [2.24, 2.45) is 0 Å². The van der Waals surface area contributed by atoms with Gasteiger partial charge < -0.3 is 9.64 Å². The lowest BCUT2D eigenvalue weighted by Gasteiger charge is -2.19. The van der Waals surface area contributed by atoms with E-state index in [1.807, 2.05) is 43.4 Å². The van der Waals surface area contributed by atoms with Gasteiger partial charge in [-0.05, 0) is 29.8 Å². The fourth-order valence-electron chi connectivity index (χ4n) is 1.81. The summed E-state index contributed by atoms with van der Waals surface area (Å²) in [4.78, 5) is 6.04. The number of hydrogen-bond acceptors (Lipinski definition) is 4. The Balaban J connectivity index is 2.11. The van der Waals surface area contributed by atoms with Crippen LogP contribution in [0.15, 0.2) is 42.6 Å². The van der Waals surface area contributed by atoms with Crippen LogP contribution < -0.4 is 9.64 Å². The molecule has 0 saturated carbocycles. The molecule has 1 aromatic carbocycles. The third-order valence-electron chi connectivity index (χ3n) is 2.88.